The first-order valence-corrected chi connectivity index (χ1v) is 7.93. The molecule has 5 heteroatoms. The van der Waals surface area contributed by atoms with Gasteiger partial charge in [-0.1, -0.05) is 37.6 Å². The molecule has 0 aliphatic carbocycles. The third-order valence-corrected chi connectivity index (χ3v) is 3.61. The maximum atomic E-state index is 12.1. The number of ketones is 1. The maximum Gasteiger partial charge on any atom is 0.340 e. The van der Waals surface area contributed by atoms with Gasteiger partial charge in [0.15, 0.2) is 12.4 Å². The number of aryl methyl sites for hydroxylation is 1. The van der Waals surface area contributed by atoms with Gasteiger partial charge < -0.3 is 9.47 Å². The molecule has 5 nitrogen and oxygen atoms in total. The number of nitrogens with zero attached hydrogens (tertiary/aromatic N) is 1. The van der Waals surface area contributed by atoms with Gasteiger partial charge in [-0.15, -0.1) is 0 Å². The van der Waals surface area contributed by atoms with Crippen LogP contribution in [0.3, 0.4) is 0 Å². The first-order valence-electron chi connectivity index (χ1n) is 7.93. The van der Waals surface area contributed by atoms with Gasteiger partial charge in [-0.05, 0) is 24.5 Å². The molecule has 126 valence electrons. The fourth-order valence-electron chi connectivity index (χ4n) is 2.16. The van der Waals surface area contributed by atoms with Crippen LogP contribution in [0, 0.1) is 0 Å². The van der Waals surface area contributed by atoms with Crippen molar-refractivity contribution in [1.82, 2.24) is 4.98 Å². The Morgan fingerprint density at radius 3 is 2.33 bits per heavy atom. The van der Waals surface area contributed by atoms with Crippen LogP contribution in [0.5, 0.6) is 5.88 Å². The van der Waals surface area contributed by atoms with Gasteiger partial charge in [0, 0.05) is 17.8 Å². The number of Topliss-reactive ketones (excluding diaryl/α,β-unsaturated/α-hetero) is 1. The van der Waals surface area contributed by atoms with Gasteiger partial charge in [-0.2, -0.15) is 0 Å². The molecule has 0 aliphatic rings. The van der Waals surface area contributed by atoms with Crippen molar-refractivity contribution in [2.75, 3.05) is 13.7 Å². The van der Waals surface area contributed by atoms with Crippen LogP contribution < -0.4 is 4.74 Å². The molecule has 1 aromatic carbocycles. The second-order valence-electron chi connectivity index (χ2n) is 5.39. The standard InChI is InChI=1S/C19H21NO4/c1-3-4-5-14-6-8-15(9-7-14)17(21)13-24-19(22)16-10-11-18(23-2)20-12-16/h6-12H,3-5,13H2,1-2H3. The molecule has 0 unspecified atom stereocenters. The molecule has 2 aromatic rings. The Balaban J connectivity index is 1.88. The second-order valence-corrected chi connectivity index (χ2v) is 5.39. The normalized spacial score (nSPS) is 10.2. The molecule has 0 aliphatic heterocycles. The van der Waals surface area contributed by atoms with E-state index in [9.17, 15) is 9.59 Å². The average Bonchev–Trinajstić information content (AvgIpc) is 2.64. The fraction of sp³-hybridized carbons (Fsp3) is 0.316. The van der Waals surface area contributed by atoms with Crippen molar-refractivity contribution < 1.29 is 19.1 Å². The number of hydrogen-bond donors (Lipinski definition) is 0. The lowest BCUT2D eigenvalue weighted by molar-refractivity contribution is 0.0474. The molecule has 1 aromatic heterocycles. The smallest absolute Gasteiger partial charge is 0.340 e. The molecule has 0 N–H and O–H groups in total. The van der Waals surface area contributed by atoms with Crippen LogP contribution >= 0.6 is 0 Å². The highest BCUT2D eigenvalue weighted by Gasteiger charge is 2.12. The molecular weight excluding hydrogens is 306 g/mol. The molecule has 0 bridgehead atoms. The zero-order valence-electron chi connectivity index (χ0n) is 14.0. The lowest BCUT2D eigenvalue weighted by Crippen LogP contribution is -2.14. The number of esters is 1. The van der Waals surface area contributed by atoms with E-state index in [4.69, 9.17) is 9.47 Å². The van der Waals surface area contributed by atoms with E-state index in [0.717, 1.165) is 19.3 Å². The molecule has 0 saturated carbocycles. The summed E-state index contributed by atoms with van der Waals surface area (Å²) in [6.45, 7) is 1.85. The number of aromatic nitrogens is 1. The zero-order valence-corrected chi connectivity index (χ0v) is 14.0. The number of ether oxygens (including phenoxy) is 2. The Hall–Kier alpha value is -2.69. The number of methoxy groups -OCH3 is 1. The summed E-state index contributed by atoms with van der Waals surface area (Å²) in [5.74, 6) is -0.407. The number of carbonyl (C=O) groups is 2. The number of unbranched alkanes of at least 4 members (excludes halogenated alkanes) is 1. The minimum absolute atomic E-state index is 0.230. The molecule has 2 rings (SSSR count). The second kappa shape index (κ2) is 8.82. The molecule has 0 fully saturated rings. The SMILES string of the molecule is CCCCc1ccc(C(=O)COC(=O)c2ccc(OC)nc2)cc1. The summed E-state index contributed by atoms with van der Waals surface area (Å²) in [5, 5.41) is 0. The lowest BCUT2D eigenvalue weighted by Gasteiger charge is -2.06. The van der Waals surface area contributed by atoms with Crippen LogP contribution in [0.4, 0.5) is 0 Å². The van der Waals surface area contributed by atoms with Crippen molar-refractivity contribution in [1.29, 1.82) is 0 Å². The zero-order chi connectivity index (χ0) is 17.4. The third kappa shape index (κ3) is 4.91. The number of rotatable bonds is 8. The highest BCUT2D eigenvalue weighted by Crippen LogP contribution is 2.10. The predicted octanol–water partition coefficient (Wildman–Crippen LogP) is 3.47. The van der Waals surface area contributed by atoms with E-state index >= 15 is 0 Å². The predicted molar refractivity (Wildman–Crippen MR) is 90.5 cm³/mol. The first kappa shape index (κ1) is 17.7. The largest absolute Gasteiger partial charge is 0.481 e. The quantitative estimate of drug-likeness (QED) is 0.548. The molecule has 0 amide bonds. The number of hydrogen-bond acceptors (Lipinski definition) is 5. The summed E-state index contributed by atoms with van der Waals surface area (Å²) in [6.07, 6.45) is 4.62. The summed E-state index contributed by atoms with van der Waals surface area (Å²) in [7, 11) is 1.49. The molecule has 24 heavy (non-hydrogen) atoms. The highest BCUT2D eigenvalue weighted by atomic mass is 16.5. The van der Waals surface area contributed by atoms with Crippen LogP contribution in [0.1, 0.15) is 46.0 Å². The molecule has 1 heterocycles. The number of pyridine rings is 1. The highest BCUT2D eigenvalue weighted by molar-refractivity contribution is 5.99. The van der Waals surface area contributed by atoms with Crippen molar-refractivity contribution in [2.24, 2.45) is 0 Å². The van der Waals surface area contributed by atoms with Crippen LogP contribution in [-0.2, 0) is 11.2 Å². The Morgan fingerprint density at radius 1 is 1.04 bits per heavy atom. The van der Waals surface area contributed by atoms with Gasteiger partial charge in [-0.3, -0.25) is 4.79 Å². The summed E-state index contributed by atoms with van der Waals surface area (Å²) in [5.41, 5.74) is 2.02. The van der Waals surface area contributed by atoms with Crippen molar-refractivity contribution in [3.05, 3.63) is 59.3 Å². The van der Waals surface area contributed by atoms with Gasteiger partial charge in [0.2, 0.25) is 5.88 Å². The van der Waals surface area contributed by atoms with E-state index in [1.165, 1.54) is 18.9 Å². The van der Waals surface area contributed by atoms with Gasteiger partial charge in [-0.25, -0.2) is 9.78 Å². The molecule has 0 radical (unpaired) electrons. The van der Waals surface area contributed by atoms with Crippen LogP contribution in [0.15, 0.2) is 42.6 Å². The Bertz CT molecular complexity index is 678. The molecule has 0 spiro atoms. The number of carbonyl (C=O) groups excluding carboxylic acids is 2. The minimum Gasteiger partial charge on any atom is -0.481 e. The summed E-state index contributed by atoms with van der Waals surface area (Å²) in [4.78, 5) is 27.9. The van der Waals surface area contributed by atoms with Crippen molar-refractivity contribution in [3.63, 3.8) is 0 Å². The molecular formula is C19H21NO4. The van der Waals surface area contributed by atoms with E-state index in [-0.39, 0.29) is 18.0 Å². The van der Waals surface area contributed by atoms with Crippen LogP contribution in [0.25, 0.3) is 0 Å². The summed E-state index contributed by atoms with van der Waals surface area (Å²) >= 11 is 0. The first-order chi connectivity index (χ1) is 11.6. The third-order valence-electron chi connectivity index (χ3n) is 3.61. The van der Waals surface area contributed by atoms with Crippen LogP contribution in [0.2, 0.25) is 0 Å². The number of benzene rings is 1. The van der Waals surface area contributed by atoms with E-state index in [0.29, 0.717) is 11.4 Å². The molecule has 0 atom stereocenters. The average molecular weight is 327 g/mol. The topological polar surface area (TPSA) is 65.5 Å². The lowest BCUT2D eigenvalue weighted by atomic mass is 10.0. The Morgan fingerprint density at radius 2 is 1.75 bits per heavy atom. The van der Waals surface area contributed by atoms with Crippen molar-refractivity contribution >= 4 is 11.8 Å². The van der Waals surface area contributed by atoms with Crippen molar-refractivity contribution in [2.45, 2.75) is 26.2 Å². The van der Waals surface area contributed by atoms with Gasteiger partial charge >= 0.3 is 5.97 Å². The van der Waals surface area contributed by atoms with Gasteiger partial charge in [0.05, 0.1) is 12.7 Å². The van der Waals surface area contributed by atoms with Crippen molar-refractivity contribution in [3.8, 4) is 5.88 Å². The minimum atomic E-state index is -0.585. The van der Waals surface area contributed by atoms with E-state index in [1.54, 1.807) is 24.3 Å². The summed E-state index contributed by atoms with van der Waals surface area (Å²) < 4.78 is 9.97. The van der Waals surface area contributed by atoms with Gasteiger partial charge in [0.1, 0.15) is 0 Å². The monoisotopic (exact) mass is 327 g/mol. The van der Waals surface area contributed by atoms with E-state index in [2.05, 4.69) is 11.9 Å². The fourth-order valence-corrected chi connectivity index (χ4v) is 2.16. The maximum absolute atomic E-state index is 12.1. The Kier molecular flexibility index (Phi) is 6.49. The van der Waals surface area contributed by atoms with E-state index in [1.807, 2.05) is 12.1 Å². The Labute approximate surface area is 141 Å². The summed E-state index contributed by atoms with van der Waals surface area (Å²) in [6, 6.07) is 10.5. The molecule has 0 saturated heterocycles. The van der Waals surface area contributed by atoms with E-state index < -0.39 is 5.97 Å². The van der Waals surface area contributed by atoms with Crippen LogP contribution in [-0.4, -0.2) is 30.5 Å². The van der Waals surface area contributed by atoms with Gasteiger partial charge in [0.25, 0.3) is 0 Å².